The van der Waals surface area contributed by atoms with E-state index >= 15 is 0 Å². The molecule has 0 spiro atoms. The highest BCUT2D eigenvalue weighted by molar-refractivity contribution is 6.08. The summed E-state index contributed by atoms with van der Waals surface area (Å²) < 4.78 is 20.2. The fraction of sp³-hybridized carbons (Fsp3) is 0.320. The molecule has 1 aliphatic heterocycles. The van der Waals surface area contributed by atoms with E-state index in [4.69, 9.17) is 16.2 Å². The van der Waals surface area contributed by atoms with Crippen molar-refractivity contribution in [2.24, 2.45) is 5.73 Å². The number of hydrogen-bond donors (Lipinski definition) is 4. The molecular formula is C25H29FN6O3. The minimum atomic E-state index is -0.573. The lowest BCUT2D eigenvalue weighted by molar-refractivity contribution is 0.102. The minimum Gasteiger partial charge on any atom is -0.494 e. The van der Waals surface area contributed by atoms with E-state index in [1.807, 2.05) is 11.8 Å². The summed E-state index contributed by atoms with van der Waals surface area (Å²) >= 11 is 0. The number of aliphatic hydroxyl groups excluding tert-OH is 1. The van der Waals surface area contributed by atoms with Gasteiger partial charge in [0.15, 0.2) is 5.69 Å². The molecule has 1 amide bonds. The number of carbonyl (C=O) groups is 1. The molecule has 1 fully saturated rings. The average Bonchev–Trinajstić information content (AvgIpc) is 2.83. The van der Waals surface area contributed by atoms with Crippen LogP contribution in [0.3, 0.4) is 0 Å². The van der Waals surface area contributed by atoms with Gasteiger partial charge in [0.2, 0.25) is 0 Å². The zero-order valence-corrected chi connectivity index (χ0v) is 19.4. The zero-order chi connectivity index (χ0) is 24.9. The first-order valence-corrected chi connectivity index (χ1v) is 11.5. The number of nitrogens with one attached hydrogen (secondary N) is 1. The maximum atomic E-state index is 14.6. The van der Waals surface area contributed by atoms with Gasteiger partial charge in [-0.25, -0.2) is 9.37 Å². The van der Waals surface area contributed by atoms with Gasteiger partial charge in [0.05, 0.1) is 41.7 Å². The molecule has 0 aliphatic carbocycles. The zero-order valence-electron chi connectivity index (χ0n) is 19.4. The largest absolute Gasteiger partial charge is 0.494 e. The number of ether oxygens (including phenoxy) is 1. The summed E-state index contributed by atoms with van der Waals surface area (Å²) in [7, 11) is 0. The molecule has 0 saturated carbocycles. The normalized spacial score (nSPS) is 17.8. The van der Waals surface area contributed by atoms with Crippen molar-refractivity contribution in [1.82, 2.24) is 9.97 Å². The van der Waals surface area contributed by atoms with Crippen molar-refractivity contribution in [3.63, 3.8) is 0 Å². The van der Waals surface area contributed by atoms with Crippen molar-refractivity contribution >= 4 is 23.0 Å². The van der Waals surface area contributed by atoms with Crippen LogP contribution in [0, 0.1) is 5.82 Å². The number of anilines is 3. The highest BCUT2D eigenvalue weighted by atomic mass is 19.1. The van der Waals surface area contributed by atoms with Crippen LogP contribution in [0.4, 0.5) is 21.5 Å². The number of benzene rings is 1. The fourth-order valence-corrected chi connectivity index (χ4v) is 4.06. The molecular weight excluding hydrogens is 451 g/mol. The molecule has 2 atom stereocenters. The molecule has 0 unspecified atom stereocenters. The molecule has 0 bridgehead atoms. The molecule has 10 heteroatoms. The number of carbonyl (C=O) groups excluding carboxylic acids is 1. The number of aromatic nitrogens is 2. The first-order chi connectivity index (χ1) is 16.9. The van der Waals surface area contributed by atoms with Crippen LogP contribution >= 0.6 is 0 Å². The van der Waals surface area contributed by atoms with Crippen molar-refractivity contribution in [3.8, 4) is 17.0 Å². The van der Waals surface area contributed by atoms with Crippen LogP contribution < -0.4 is 26.4 Å². The SMILES string of the molecule is CCCOc1ccc(F)c(-c2ccc(N)c(C(=O)Nc3cnccc3N3C[C@@H](N)C[C@@H](O)C3)n2)c1. The lowest BCUT2D eigenvalue weighted by Crippen LogP contribution is -2.49. The van der Waals surface area contributed by atoms with Crippen LogP contribution in [0.1, 0.15) is 30.3 Å². The molecule has 184 valence electrons. The second-order valence-electron chi connectivity index (χ2n) is 8.53. The molecule has 1 aliphatic rings. The third-order valence-corrected chi connectivity index (χ3v) is 5.68. The van der Waals surface area contributed by atoms with Gasteiger partial charge in [0.1, 0.15) is 11.6 Å². The van der Waals surface area contributed by atoms with Crippen molar-refractivity contribution in [3.05, 3.63) is 60.3 Å². The quantitative estimate of drug-likeness (QED) is 0.405. The molecule has 35 heavy (non-hydrogen) atoms. The van der Waals surface area contributed by atoms with Gasteiger partial charge in [-0.2, -0.15) is 0 Å². The molecule has 6 N–H and O–H groups in total. The Morgan fingerprint density at radius 2 is 2.11 bits per heavy atom. The first kappa shape index (κ1) is 24.4. The number of nitrogens with two attached hydrogens (primary N) is 2. The number of β-amino-alcohol motifs (C(OH)–C–C–N with tert-alkyl or cyclic N) is 1. The number of aliphatic hydroxyl groups is 1. The smallest absolute Gasteiger partial charge is 0.276 e. The summed E-state index contributed by atoms with van der Waals surface area (Å²) in [6.45, 7) is 3.38. The molecule has 0 radical (unpaired) electrons. The summed E-state index contributed by atoms with van der Waals surface area (Å²) in [5, 5.41) is 12.9. The number of pyridine rings is 2. The van der Waals surface area contributed by atoms with Crippen molar-refractivity contribution in [1.29, 1.82) is 0 Å². The lowest BCUT2D eigenvalue weighted by atomic mass is 10.0. The molecule has 3 aromatic rings. The van der Waals surface area contributed by atoms with E-state index in [0.29, 0.717) is 43.2 Å². The third-order valence-electron chi connectivity index (χ3n) is 5.68. The van der Waals surface area contributed by atoms with Crippen LogP contribution in [0.2, 0.25) is 0 Å². The summed E-state index contributed by atoms with van der Waals surface area (Å²) in [5.74, 6) is -0.555. The summed E-state index contributed by atoms with van der Waals surface area (Å²) in [5.41, 5.74) is 13.8. The Bertz CT molecular complexity index is 1200. The highest BCUT2D eigenvalue weighted by Gasteiger charge is 2.26. The maximum Gasteiger partial charge on any atom is 0.276 e. The van der Waals surface area contributed by atoms with E-state index < -0.39 is 17.8 Å². The molecule has 1 aromatic carbocycles. The van der Waals surface area contributed by atoms with Crippen LogP contribution in [0.25, 0.3) is 11.3 Å². The fourth-order valence-electron chi connectivity index (χ4n) is 4.06. The Labute approximate surface area is 202 Å². The van der Waals surface area contributed by atoms with Gasteiger partial charge in [-0.05, 0) is 49.2 Å². The Morgan fingerprint density at radius 3 is 2.89 bits per heavy atom. The number of hydrogen-bond acceptors (Lipinski definition) is 8. The van der Waals surface area contributed by atoms with Gasteiger partial charge >= 0.3 is 0 Å². The van der Waals surface area contributed by atoms with Crippen LogP contribution in [0.15, 0.2) is 48.8 Å². The topological polar surface area (TPSA) is 140 Å². The third kappa shape index (κ3) is 5.67. The van der Waals surface area contributed by atoms with E-state index in [9.17, 15) is 14.3 Å². The molecule has 1 saturated heterocycles. The van der Waals surface area contributed by atoms with Crippen LogP contribution in [-0.2, 0) is 0 Å². The Hall–Kier alpha value is -3.76. The summed E-state index contributed by atoms with van der Waals surface area (Å²) in [4.78, 5) is 23.6. The minimum absolute atomic E-state index is 0.0491. The van der Waals surface area contributed by atoms with E-state index in [1.165, 1.54) is 18.3 Å². The van der Waals surface area contributed by atoms with Gasteiger partial charge in [-0.1, -0.05) is 6.92 Å². The van der Waals surface area contributed by atoms with Crippen molar-refractivity contribution in [2.75, 3.05) is 35.6 Å². The summed E-state index contributed by atoms with van der Waals surface area (Å²) in [6.07, 6.45) is 3.86. The predicted molar refractivity (Wildman–Crippen MR) is 133 cm³/mol. The van der Waals surface area contributed by atoms with Crippen molar-refractivity contribution in [2.45, 2.75) is 31.9 Å². The monoisotopic (exact) mass is 480 g/mol. The van der Waals surface area contributed by atoms with E-state index in [2.05, 4.69) is 15.3 Å². The van der Waals surface area contributed by atoms with Crippen LogP contribution in [-0.4, -0.2) is 52.8 Å². The van der Waals surface area contributed by atoms with Gasteiger partial charge in [0.25, 0.3) is 5.91 Å². The van der Waals surface area contributed by atoms with Crippen LogP contribution in [0.5, 0.6) is 5.75 Å². The van der Waals surface area contributed by atoms with Gasteiger partial charge in [0, 0.05) is 30.9 Å². The number of nitrogens with zero attached hydrogens (tertiary/aromatic N) is 3. The Kier molecular flexibility index (Phi) is 7.42. The van der Waals surface area contributed by atoms with E-state index in [-0.39, 0.29) is 28.7 Å². The number of halogens is 1. The number of piperidine rings is 1. The molecule has 2 aromatic heterocycles. The average molecular weight is 481 g/mol. The number of rotatable bonds is 7. The molecule has 4 rings (SSSR count). The van der Waals surface area contributed by atoms with Gasteiger partial charge < -0.3 is 31.5 Å². The summed E-state index contributed by atoms with van der Waals surface area (Å²) in [6, 6.07) is 9.02. The van der Waals surface area contributed by atoms with Crippen molar-refractivity contribution < 1.29 is 19.0 Å². The molecule has 9 nitrogen and oxygen atoms in total. The van der Waals surface area contributed by atoms with Gasteiger partial charge in [-0.3, -0.25) is 9.78 Å². The highest BCUT2D eigenvalue weighted by Crippen LogP contribution is 2.30. The second-order valence-corrected chi connectivity index (χ2v) is 8.53. The number of amides is 1. The lowest BCUT2D eigenvalue weighted by Gasteiger charge is -2.36. The maximum absolute atomic E-state index is 14.6. The second kappa shape index (κ2) is 10.7. The van der Waals surface area contributed by atoms with E-state index in [0.717, 1.165) is 6.42 Å². The standard InChI is InChI=1S/C25H29FN6O3/c1-2-9-35-17-3-4-19(26)18(11-17)21-6-5-20(28)24(30-21)25(34)31-22-12-29-8-7-23(22)32-13-15(27)10-16(33)14-32/h3-8,11-12,15-16,33H,2,9-10,13-14,27-28H2,1H3,(H,31,34)/t15-,16+/m0/s1. The van der Waals surface area contributed by atoms with E-state index in [1.54, 1.807) is 30.5 Å². The number of nitrogen functional groups attached to an aromatic ring is 1. The Morgan fingerprint density at radius 1 is 1.29 bits per heavy atom. The van der Waals surface area contributed by atoms with Gasteiger partial charge in [-0.15, -0.1) is 0 Å². The Balaban J connectivity index is 1.61. The predicted octanol–water partition coefficient (Wildman–Crippen LogP) is 2.80. The first-order valence-electron chi connectivity index (χ1n) is 11.5. The molecule has 3 heterocycles.